The number of hydrogen-bond donors (Lipinski definition) is 1. The van der Waals surface area contributed by atoms with Gasteiger partial charge in [0.2, 0.25) is 0 Å². The zero-order valence-corrected chi connectivity index (χ0v) is 11.9. The molecule has 0 fully saturated rings. The number of methoxy groups -OCH3 is 1. The van der Waals surface area contributed by atoms with Gasteiger partial charge in [0, 0.05) is 6.42 Å². The third-order valence-electron chi connectivity index (χ3n) is 2.94. The fraction of sp³-hybridized carbons (Fsp3) is 0.533. The van der Waals surface area contributed by atoms with E-state index >= 15 is 0 Å². The summed E-state index contributed by atoms with van der Waals surface area (Å²) in [5.74, 6) is 1.42. The van der Waals surface area contributed by atoms with Crippen LogP contribution >= 0.6 is 0 Å². The third-order valence-corrected chi connectivity index (χ3v) is 2.94. The van der Waals surface area contributed by atoms with Gasteiger partial charge >= 0.3 is 0 Å². The first kappa shape index (κ1) is 15.3. The van der Waals surface area contributed by atoms with Gasteiger partial charge in [0.25, 0.3) is 0 Å². The van der Waals surface area contributed by atoms with Crippen molar-refractivity contribution in [2.24, 2.45) is 0 Å². The molecular formula is C15H22N2O2. The first-order chi connectivity index (χ1) is 9.15. The average molecular weight is 262 g/mol. The Morgan fingerprint density at radius 2 is 2.00 bits per heavy atom. The molecule has 0 spiro atoms. The molecule has 4 heteroatoms. The first-order valence-electron chi connectivity index (χ1n) is 6.57. The maximum absolute atomic E-state index is 9.22. The first-order valence-corrected chi connectivity index (χ1v) is 6.57. The van der Waals surface area contributed by atoms with Crippen LogP contribution in [0.5, 0.6) is 11.5 Å². The molecule has 1 unspecified atom stereocenters. The minimum absolute atomic E-state index is 0.473. The summed E-state index contributed by atoms with van der Waals surface area (Å²) in [6.45, 7) is 5.28. The van der Waals surface area contributed by atoms with E-state index in [9.17, 15) is 5.26 Å². The molecule has 0 saturated heterocycles. The number of nitrogens with one attached hydrogen (secondary N) is 1. The Balaban J connectivity index is 2.51. The molecule has 0 aliphatic heterocycles. The molecule has 0 heterocycles. The van der Waals surface area contributed by atoms with Crippen LogP contribution in [0.1, 0.15) is 26.7 Å². The molecule has 104 valence electrons. The zero-order valence-electron chi connectivity index (χ0n) is 11.9. The van der Waals surface area contributed by atoms with Crippen LogP contribution in [0.2, 0.25) is 0 Å². The van der Waals surface area contributed by atoms with Gasteiger partial charge < -0.3 is 9.47 Å². The summed E-state index contributed by atoms with van der Waals surface area (Å²) in [7, 11) is 1.62. The van der Waals surface area contributed by atoms with Crippen molar-refractivity contribution in [3.8, 4) is 17.6 Å². The molecule has 0 radical (unpaired) electrons. The van der Waals surface area contributed by atoms with Crippen molar-refractivity contribution in [2.45, 2.75) is 32.2 Å². The highest BCUT2D eigenvalue weighted by molar-refractivity contribution is 5.39. The summed E-state index contributed by atoms with van der Waals surface area (Å²) >= 11 is 0. The van der Waals surface area contributed by atoms with Gasteiger partial charge in [-0.2, -0.15) is 5.26 Å². The normalized spacial score (nSPS) is 13.4. The van der Waals surface area contributed by atoms with Crippen LogP contribution in [0.4, 0.5) is 0 Å². The molecule has 4 nitrogen and oxygen atoms in total. The molecule has 0 amide bonds. The minimum atomic E-state index is -0.544. The summed E-state index contributed by atoms with van der Waals surface area (Å²) in [5.41, 5.74) is -0.544. The number of para-hydroxylation sites is 2. The Morgan fingerprint density at radius 3 is 2.58 bits per heavy atom. The lowest BCUT2D eigenvalue weighted by molar-refractivity contribution is 0.255. The SMILES string of the molecule is CCCNC(C)(C#N)CCOc1ccccc1OC. The summed E-state index contributed by atoms with van der Waals surface area (Å²) < 4.78 is 10.9. The van der Waals surface area contributed by atoms with Crippen LogP contribution in [0.3, 0.4) is 0 Å². The molecule has 1 aromatic carbocycles. The van der Waals surface area contributed by atoms with E-state index in [0.29, 0.717) is 24.5 Å². The van der Waals surface area contributed by atoms with E-state index in [1.807, 2.05) is 31.2 Å². The Morgan fingerprint density at radius 1 is 1.32 bits per heavy atom. The van der Waals surface area contributed by atoms with Crippen LogP contribution < -0.4 is 14.8 Å². The lowest BCUT2D eigenvalue weighted by Crippen LogP contribution is -2.42. The second kappa shape index (κ2) is 7.65. The summed E-state index contributed by atoms with van der Waals surface area (Å²) in [5, 5.41) is 12.5. The summed E-state index contributed by atoms with van der Waals surface area (Å²) in [6.07, 6.45) is 1.63. The largest absolute Gasteiger partial charge is 0.493 e. The van der Waals surface area contributed by atoms with Gasteiger partial charge in [-0.1, -0.05) is 19.1 Å². The Bertz CT molecular complexity index is 428. The molecule has 0 saturated carbocycles. The van der Waals surface area contributed by atoms with E-state index in [1.54, 1.807) is 7.11 Å². The number of hydrogen-bond acceptors (Lipinski definition) is 4. The fourth-order valence-corrected chi connectivity index (χ4v) is 1.69. The predicted molar refractivity (Wildman–Crippen MR) is 75.4 cm³/mol. The second-order valence-electron chi connectivity index (χ2n) is 4.62. The van der Waals surface area contributed by atoms with Gasteiger partial charge in [-0.05, 0) is 32.0 Å². The van der Waals surface area contributed by atoms with Gasteiger partial charge in [-0.15, -0.1) is 0 Å². The third kappa shape index (κ3) is 4.80. The van der Waals surface area contributed by atoms with E-state index in [1.165, 1.54) is 0 Å². The number of benzene rings is 1. The van der Waals surface area contributed by atoms with E-state index < -0.39 is 5.54 Å². The molecule has 0 aliphatic rings. The maximum Gasteiger partial charge on any atom is 0.161 e. The highest BCUT2D eigenvalue weighted by Crippen LogP contribution is 2.26. The Kier molecular flexibility index (Phi) is 6.17. The van der Waals surface area contributed by atoms with Crippen molar-refractivity contribution in [1.82, 2.24) is 5.32 Å². The van der Waals surface area contributed by atoms with Gasteiger partial charge in [0.1, 0.15) is 5.54 Å². The summed E-state index contributed by atoms with van der Waals surface area (Å²) in [4.78, 5) is 0. The van der Waals surface area contributed by atoms with Crippen LogP contribution in [-0.4, -0.2) is 25.8 Å². The van der Waals surface area contributed by atoms with Gasteiger partial charge in [0.15, 0.2) is 11.5 Å². The maximum atomic E-state index is 9.22. The monoisotopic (exact) mass is 262 g/mol. The van der Waals surface area contributed by atoms with Crippen LogP contribution in [-0.2, 0) is 0 Å². The second-order valence-corrected chi connectivity index (χ2v) is 4.62. The van der Waals surface area contributed by atoms with Crippen molar-refractivity contribution in [2.75, 3.05) is 20.3 Å². The van der Waals surface area contributed by atoms with Crippen molar-refractivity contribution < 1.29 is 9.47 Å². The molecule has 0 bridgehead atoms. The highest BCUT2D eigenvalue weighted by atomic mass is 16.5. The van der Waals surface area contributed by atoms with Crippen molar-refractivity contribution in [3.63, 3.8) is 0 Å². The number of ether oxygens (including phenoxy) is 2. The lowest BCUT2D eigenvalue weighted by Gasteiger charge is -2.23. The Labute approximate surface area is 115 Å². The topological polar surface area (TPSA) is 54.3 Å². The lowest BCUT2D eigenvalue weighted by atomic mass is 10.0. The predicted octanol–water partition coefficient (Wildman–Crippen LogP) is 2.75. The van der Waals surface area contributed by atoms with E-state index in [0.717, 1.165) is 13.0 Å². The minimum Gasteiger partial charge on any atom is -0.493 e. The number of nitriles is 1. The number of nitrogens with zero attached hydrogens (tertiary/aromatic N) is 1. The highest BCUT2D eigenvalue weighted by Gasteiger charge is 2.22. The zero-order chi connectivity index (χ0) is 14.1. The quantitative estimate of drug-likeness (QED) is 0.782. The van der Waals surface area contributed by atoms with Crippen LogP contribution in [0.15, 0.2) is 24.3 Å². The van der Waals surface area contributed by atoms with Gasteiger partial charge in [0.05, 0.1) is 19.8 Å². The van der Waals surface area contributed by atoms with Gasteiger partial charge in [-0.3, -0.25) is 5.32 Å². The molecule has 0 aromatic heterocycles. The molecule has 0 aliphatic carbocycles. The van der Waals surface area contributed by atoms with Crippen LogP contribution in [0.25, 0.3) is 0 Å². The van der Waals surface area contributed by atoms with Crippen molar-refractivity contribution in [1.29, 1.82) is 5.26 Å². The average Bonchev–Trinajstić information content (AvgIpc) is 2.45. The van der Waals surface area contributed by atoms with Crippen molar-refractivity contribution in [3.05, 3.63) is 24.3 Å². The summed E-state index contributed by atoms with van der Waals surface area (Å²) in [6, 6.07) is 9.82. The van der Waals surface area contributed by atoms with Gasteiger partial charge in [-0.25, -0.2) is 0 Å². The molecule has 1 atom stereocenters. The smallest absolute Gasteiger partial charge is 0.161 e. The fourth-order valence-electron chi connectivity index (χ4n) is 1.69. The standard InChI is InChI=1S/C15H22N2O2/c1-4-10-17-15(2,12-16)9-11-19-14-8-6-5-7-13(14)18-3/h5-8,17H,4,9-11H2,1-3H3. The van der Waals surface area contributed by atoms with Crippen LogP contribution in [0, 0.1) is 11.3 Å². The van der Waals surface area contributed by atoms with E-state index in [4.69, 9.17) is 9.47 Å². The molecular weight excluding hydrogens is 240 g/mol. The van der Waals surface area contributed by atoms with Crippen molar-refractivity contribution >= 4 is 0 Å². The molecule has 1 rings (SSSR count). The molecule has 19 heavy (non-hydrogen) atoms. The molecule has 1 N–H and O–H groups in total. The Hall–Kier alpha value is -1.73. The van der Waals surface area contributed by atoms with E-state index in [-0.39, 0.29) is 0 Å². The molecule has 1 aromatic rings. The number of rotatable bonds is 8. The van der Waals surface area contributed by atoms with E-state index in [2.05, 4.69) is 18.3 Å².